The molecule has 3 fully saturated rings. The van der Waals surface area contributed by atoms with Crippen molar-refractivity contribution in [3.05, 3.63) is 16.1 Å². The van der Waals surface area contributed by atoms with E-state index in [1.54, 1.807) is 6.20 Å². The van der Waals surface area contributed by atoms with Gasteiger partial charge in [0.05, 0.1) is 19.4 Å². The molecule has 0 aromatic carbocycles. The summed E-state index contributed by atoms with van der Waals surface area (Å²) < 4.78 is 11.1. The number of amides is 1. The molecule has 1 aromatic heterocycles. The number of rotatable bonds is 6. The summed E-state index contributed by atoms with van der Waals surface area (Å²) in [7, 11) is 0. The van der Waals surface area contributed by atoms with E-state index in [-0.39, 0.29) is 12.0 Å². The van der Waals surface area contributed by atoms with Crippen LogP contribution in [0.2, 0.25) is 0 Å². The lowest BCUT2D eigenvalue weighted by Crippen LogP contribution is -2.39. The Kier molecular flexibility index (Phi) is 6.76. The van der Waals surface area contributed by atoms with Crippen molar-refractivity contribution in [2.45, 2.75) is 44.6 Å². The molecule has 4 rings (SSSR count). The molecule has 7 heteroatoms. The molecule has 4 heterocycles. The number of carbonyl (C=O) groups is 1. The van der Waals surface area contributed by atoms with Crippen molar-refractivity contribution in [2.75, 3.05) is 52.5 Å². The second-order valence-electron chi connectivity index (χ2n) is 7.90. The Bertz CT molecular complexity index is 603. The van der Waals surface area contributed by atoms with Crippen LogP contribution in [0.15, 0.2) is 6.20 Å². The fourth-order valence-corrected chi connectivity index (χ4v) is 5.29. The summed E-state index contributed by atoms with van der Waals surface area (Å²) in [5.74, 6) is 0.919. The Morgan fingerprint density at radius 2 is 1.96 bits per heavy atom. The van der Waals surface area contributed by atoms with Crippen molar-refractivity contribution in [2.24, 2.45) is 5.92 Å². The number of hydrogen-bond acceptors (Lipinski definition) is 6. The van der Waals surface area contributed by atoms with Crippen LogP contribution in [0.1, 0.15) is 59.3 Å². The zero-order valence-electron chi connectivity index (χ0n) is 16.1. The van der Waals surface area contributed by atoms with Gasteiger partial charge < -0.3 is 14.4 Å². The topological polar surface area (TPSA) is 54.9 Å². The van der Waals surface area contributed by atoms with Crippen LogP contribution in [0.25, 0.3) is 0 Å². The lowest BCUT2D eigenvalue weighted by atomic mass is 9.92. The van der Waals surface area contributed by atoms with E-state index in [0.717, 1.165) is 87.5 Å². The zero-order valence-corrected chi connectivity index (χ0v) is 16.9. The summed E-state index contributed by atoms with van der Waals surface area (Å²) in [6.07, 6.45) is 8.77. The van der Waals surface area contributed by atoms with Crippen molar-refractivity contribution in [3.63, 3.8) is 0 Å². The molecule has 3 aliphatic rings. The monoisotopic (exact) mass is 393 g/mol. The minimum atomic E-state index is 0.105. The molecule has 0 radical (unpaired) electrons. The van der Waals surface area contributed by atoms with E-state index in [1.807, 2.05) is 4.90 Å². The van der Waals surface area contributed by atoms with Crippen molar-refractivity contribution >= 4 is 17.2 Å². The van der Waals surface area contributed by atoms with Gasteiger partial charge in [-0.15, -0.1) is 11.3 Å². The van der Waals surface area contributed by atoms with Crippen molar-refractivity contribution in [1.82, 2.24) is 14.8 Å². The first-order chi connectivity index (χ1) is 13.3. The van der Waals surface area contributed by atoms with Crippen LogP contribution in [0.4, 0.5) is 0 Å². The van der Waals surface area contributed by atoms with Gasteiger partial charge in [-0.1, -0.05) is 0 Å². The molecule has 0 aliphatic carbocycles. The van der Waals surface area contributed by atoms with Crippen molar-refractivity contribution < 1.29 is 14.3 Å². The number of piperidine rings is 1. The molecule has 0 saturated carbocycles. The third-order valence-corrected chi connectivity index (χ3v) is 7.11. The molecule has 3 saturated heterocycles. The molecule has 0 spiro atoms. The van der Waals surface area contributed by atoms with E-state index in [2.05, 4.69) is 9.88 Å². The zero-order chi connectivity index (χ0) is 18.5. The first-order valence-electron chi connectivity index (χ1n) is 10.5. The maximum absolute atomic E-state index is 12.8. The lowest BCUT2D eigenvalue weighted by Gasteiger charge is -2.32. The highest BCUT2D eigenvalue weighted by Crippen LogP contribution is 2.32. The summed E-state index contributed by atoms with van der Waals surface area (Å²) in [6.45, 7) is 7.69. The highest BCUT2D eigenvalue weighted by atomic mass is 32.1. The molecular weight excluding hydrogens is 362 g/mol. The minimum absolute atomic E-state index is 0.105. The average molecular weight is 394 g/mol. The van der Waals surface area contributed by atoms with Gasteiger partial charge in [0, 0.05) is 32.8 Å². The Morgan fingerprint density at radius 3 is 2.70 bits per heavy atom. The highest BCUT2D eigenvalue weighted by molar-refractivity contribution is 7.13. The molecule has 150 valence electrons. The van der Waals surface area contributed by atoms with Crippen molar-refractivity contribution in [1.29, 1.82) is 0 Å². The predicted molar refractivity (Wildman–Crippen MR) is 105 cm³/mol. The number of hydrogen-bond donors (Lipinski definition) is 0. The van der Waals surface area contributed by atoms with Gasteiger partial charge in [-0.3, -0.25) is 9.69 Å². The van der Waals surface area contributed by atoms with Crippen molar-refractivity contribution in [3.8, 4) is 0 Å². The lowest BCUT2D eigenvalue weighted by molar-refractivity contribution is 0.0361. The molecule has 0 bridgehead atoms. The van der Waals surface area contributed by atoms with Gasteiger partial charge in [0.25, 0.3) is 5.91 Å². The highest BCUT2D eigenvalue weighted by Gasteiger charge is 2.27. The number of morpholine rings is 1. The van der Waals surface area contributed by atoms with Crippen LogP contribution >= 0.6 is 11.3 Å². The fourth-order valence-electron chi connectivity index (χ4n) is 4.32. The van der Waals surface area contributed by atoms with Crippen LogP contribution in [0, 0.1) is 5.92 Å². The summed E-state index contributed by atoms with van der Waals surface area (Å²) >= 11 is 1.52. The molecule has 6 nitrogen and oxygen atoms in total. The Morgan fingerprint density at radius 1 is 1.15 bits per heavy atom. The predicted octanol–water partition coefficient (Wildman–Crippen LogP) is 2.96. The van der Waals surface area contributed by atoms with Gasteiger partial charge in [0.15, 0.2) is 0 Å². The summed E-state index contributed by atoms with van der Waals surface area (Å²) in [5, 5.41) is 0.967. The first kappa shape index (κ1) is 19.3. The van der Waals surface area contributed by atoms with Crippen LogP contribution in [0.5, 0.6) is 0 Å². The van der Waals surface area contributed by atoms with E-state index in [0.29, 0.717) is 0 Å². The van der Waals surface area contributed by atoms with Crippen LogP contribution in [-0.2, 0) is 9.47 Å². The third-order valence-electron chi connectivity index (χ3n) is 6.03. The summed E-state index contributed by atoms with van der Waals surface area (Å²) in [6, 6.07) is 0. The standard InChI is InChI=1S/C20H31N3O3S/c24-20(18-15-21-19(27-18)17-4-2-12-26-17)23-8-5-16(6-9-23)3-1-7-22-10-13-25-14-11-22/h15-17H,1-14H2/t17-/m1/s1. The molecule has 0 N–H and O–H groups in total. The number of nitrogens with zero attached hydrogens (tertiary/aromatic N) is 3. The Labute approximate surface area is 165 Å². The van der Waals surface area contributed by atoms with Crippen LogP contribution < -0.4 is 0 Å². The SMILES string of the molecule is O=C(c1cnc([C@H]2CCCO2)s1)N1CCC(CCCN2CCOCC2)CC1. The minimum Gasteiger partial charge on any atom is -0.379 e. The number of ether oxygens (including phenoxy) is 2. The van der Waals surface area contributed by atoms with E-state index in [1.165, 1.54) is 30.7 Å². The molecule has 1 aromatic rings. The average Bonchev–Trinajstić information content (AvgIpc) is 3.41. The molecule has 1 atom stereocenters. The van der Waals surface area contributed by atoms with Gasteiger partial charge >= 0.3 is 0 Å². The van der Waals surface area contributed by atoms with Gasteiger partial charge in [-0.05, 0) is 51.0 Å². The second-order valence-corrected chi connectivity index (χ2v) is 8.96. The van der Waals surface area contributed by atoms with Crippen LogP contribution in [-0.4, -0.2) is 73.2 Å². The first-order valence-corrected chi connectivity index (χ1v) is 11.3. The number of carbonyl (C=O) groups excluding carboxylic acids is 1. The number of likely N-dealkylation sites (tertiary alicyclic amines) is 1. The third kappa shape index (κ3) is 5.08. The molecule has 1 amide bonds. The van der Waals surface area contributed by atoms with Gasteiger partial charge in [-0.2, -0.15) is 0 Å². The van der Waals surface area contributed by atoms with Gasteiger partial charge in [0.1, 0.15) is 16.0 Å². The maximum Gasteiger partial charge on any atom is 0.265 e. The molecule has 0 unspecified atom stereocenters. The Hall–Kier alpha value is -1.02. The summed E-state index contributed by atoms with van der Waals surface area (Å²) in [4.78, 5) is 22.5. The fraction of sp³-hybridized carbons (Fsp3) is 0.800. The maximum atomic E-state index is 12.8. The van der Waals surface area contributed by atoms with E-state index in [9.17, 15) is 4.79 Å². The van der Waals surface area contributed by atoms with E-state index < -0.39 is 0 Å². The Balaban J connectivity index is 1.19. The molecule has 27 heavy (non-hydrogen) atoms. The smallest absolute Gasteiger partial charge is 0.265 e. The number of aromatic nitrogens is 1. The largest absolute Gasteiger partial charge is 0.379 e. The second kappa shape index (κ2) is 9.45. The number of thiazole rings is 1. The van der Waals surface area contributed by atoms with Crippen LogP contribution in [0.3, 0.4) is 0 Å². The van der Waals surface area contributed by atoms with Gasteiger partial charge in [-0.25, -0.2) is 4.98 Å². The molecular formula is C20H31N3O3S. The quantitative estimate of drug-likeness (QED) is 0.744. The van der Waals surface area contributed by atoms with E-state index in [4.69, 9.17) is 9.47 Å². The molecule has 3 aliphatic heterocycles. The van der Waals surface area contributed by atoms with E-state index >= 15 is 0 Å². The normalized spacial score (nSPS) is 25.2. The summed E-state index contributed by atoms with van der Waals surface area (Å²) in [5.41, 5.74) is 0. The van der Waals surface area contributed by atoms with Gasteiger partial charge in [0.2, 0.25) is 0 Å².